The number of benzene rings is 2. The first-order chi connectivity index (χ1) is 12.8. The Kier molecular flexibility index (Phi) is 5.52. The molecule has 0 atom stereocenters. The van der Waals surface area contributed by atoms with Crippen LogP contribution in [0.15, 0.2) is 85.2 Å². The van der Waals surface area contributed by atoms with Crippen molar-refractivity contribution in [1.82, 2.24) is 0 Å². The van der Waals surface area contributed by atoms with E-state index < -0.39 is 7.81 Å². The Balaban J connectivity index is 0.000000345. The average Bonchev–Trinajstić information content (AvgIpc) is 2.61. The van der Waals surface area contributed by atoms with Gasteiger partial charge in [0.15, 0.2) is 0 Å². The van der Waals surface area contributed by atoms with Gasteiger partial charge in [-0.3, -0.25) is 0 Å². The molecule has 0 bridgehead atoms. The summed E-state index contributed by atoms with van der Waals surface area (Å²) < 4.78 is 60.6. The Morgan fingerprint density at radius 2 is 1.07 bits per heavy atom. The maximum Gasteiger partial charge on any atom is 0.411 e. The van der Waals surface area contributed by atoms with Crippen LogP contribution in [-0.4, -0.2) is 5.97 Å². The number of carbonyl (C=O) groups is 1. The zero-order valence-electron chi connectivity index (χ0n) is 14.1. The summed E-state index contributed by atoms with van der Waals surface area (Å²) in [5, 5.41) is 0. The van der Waals surface area contributed by atoms with Gasteiger partial charge < -0.3 is 0 Å². The summed E-state index contributed by atoms with van der Waals surface area (Å²) in [5.74, 6) is -0.381. The third-order valence-corrected chi connectivity index (χ3v) is 3.11. The first-order valence-corrected chi connectivity index (χ1v) is 9.72. The van der Waals surface area contributed by atoms with Crippen LogP contribution in [0.25, 0.3) is 11.1 Å². The monoisotopic (exact) mass is 421 g/mol. The molecule has 0 saturated carbocycles. The quantitative estimate of drug-likeness (QED) is 0.283. The van der Waals surface area contributed by atoms with Gasteiger partial charge in [-0.15, -0.1) is 0 Å². The fourth-order valence-corrected chi connectivity index (χ4v) is 2.02. The molecule has 3 aromatic rings. The van der Waals surface area contributed by atoms with Crippen molar-refractivity contribution in [2.45, 2.75) is 0 Å². The van der Waals surface area contributed by atoms with E-state index in [9.17, 15) is 30.0 Å². The van der Waals surface area contributed by atoms with Crippen LogP contribution < -0.4 is 9.57 Å². The summed E-state index contributed by atoms with van der Waals surface area (Å²) in [5.41, 5.74) is 2.72. The van der Waals surface area contributed by atoms with Crippen molar-refractivity contribution in [3.63, 3.8) is 0 Å². The van der Waals surface area contributed by atoms with Crippen molar-refractivity contribution < 1.29 is 39.5 Å². The van der Waals surface area contributed by atoms with Gasteiger partial charge in [0.2, 0.25) is 12.4 Å². The Labute approximate surface area is 156 Å². The molecule has 0 aliphatic carbocycles. The Morgan fingerprint density at radius 3 is 1.54 bits per heavy atom. The van der Waals surface area contributed by atoms with Gasteiger partial charge in [0.1, 0.15) is 0 Å². The number of rotatable bonds is 3. The van der Waals surface area contributed by atoms with Gasteiger partial charge in [-0.05, 0) is 23.3 Å². The van der Waals surface area contributed by atoms with Crippen LogP contribution in [0.1, 0.15) is 10.4 Å². The van der Waals surface area contributed by atoms with Crippen molar-refractivity contribution >= 4 is 13.8 Å². The molecule has 3 nitrogen and oxygen atoms in total. The van der Waals surface area contributed by atoms with Gasteiger partial charge in [0.25, 0.3) is 0 Å². The van der Waals surface area contributed by atoms with Gasteiger partial charge >= 0.3 is 39.0 Å². The second-order valence-corrected chi connectivity index (χ2v) is 7.43. The van der Waals surface area contributed by atoms with E-state index in [1.54, 1.807) is 36.7 Å². The molecule has 0 fully saturated rings. The maximum atomic E-state index is 11.9. The third kappa shape index (κ3) is 9.14. The standard InChI is InChI=1S/C18H14NO2.F6P/c20-18(17-9-5-2-6-10-17)21-19-13-11-16(12-14-19)15-7-3-1-4-8-15;1-7(2,3,4,5)6/h1-14H;/q+1;-1. The van der Waals surface area contributed by atoms with Gasteiger partial charge in [-0.1, -0.05) is 48.5 Å². The molecule has 0 amide bonds. The van der Waals surface area contributed by atoms with Crippen LogP contribution in [-0.2, 0) is 0 Å². The number of hydrogen-bond donors (Lipinski definition) is 0. The molecule has 28 heavy (non-hydrogen) atoms. The van der Waals surface area contributed by atoms with Gasteiger partial charge in [-0.2, -0.15) is 4.84 Å². The minimum Gasteiger partial charge on any atom is -0.239 e. The first-order valence-electron chi connectivity index (χ1n) is 7.69. The Hall–Kier alpha value is -2.93. The molecule has 0 aliphatic heterocycles. The second-order valence-electron chi connectivity index (χ2n) is 5.52. The first kappa shape index (κ1) is 21.4. The predicted octanol–water partition coefficient (Wildman–Crippen LogP) is 6.29. The topological polar surface area (TPSA) is 30.2 Å². The van der Waals surface area contributed by atoms with Gasteiger partial charge in [-0.25, -0.2) is 4.79 Å². The molecule has 0 spiro atoms. The molecule has 1 aromatic heterocycles. The van der Waals surface area contributed by atoms with Crippen molar-refractivity contribution in [3.05, 3.63) is 90.8 Å². The van der Waals surface area contributed by atoms with Crippen molar-refractivity contribution in [3.8, 4) is 11.1 Å². The van der Waals surface area contributed by atoms with Gasteiger partial charge in [0, 0.05) is 16.9 Å². The molecular formula is C18H14F6NO2P. The smallest absolute Gasteiger partial charge is 0.239 e. The third-order valence-electron chi connectivity index (χ3n) is 3.11. The SMILES string of the molecule is F[P-](F)(F)(F)(F)F.O=C(O[n+]1ccc(-c2ccccc2)cc1)c1ccccc1. The van der Waals surface area contributed by atoms with E-state index in [-0.39, 0.29) is 5.97 Å². The van der Waals surface area contributed by atoms with E-state index >= 15 is 0 Å². The molecule has 1 heterocycles. The second kappa shape index (κ2) is 7.24. The fraction of sp³-hybridized carbons (Fsp3) is 0. The molecule has 150 valence electrons. The van der Waals surface area contributed by atoms with E-state index in [0.717, 1.165) is 11.1 Å². The zero-order valence-corrected chi connectivity index (χ0v) is 15.0. The largest absolute Gasteiger partial charge is 0.411 e. The number of halogens is 6. The van der Waals surface area contributed by atoms with Crippen LogP contribution >= 0.6 is 7.81 Å². The zero-order chi connectivity index (χ0) is 20.9. The van der Waals surface area contributed by atoms with Crippen LogP contribution in [0.4, 0.5) is 25.2 Å². The van der Waals surface area contributed by atoms with Crippen molar-refractivity contribution in [2.75, 3.05) is 0 Å². The van der Waals surface area contributed by atoms with Crippen molar-refractivity contribution in [2.24, 2.45) is 0 Å². The summed E-state index contributed by atoms with van der Waals surface area (Å²) in [7, 11) is -10.7. The van der Waals surface area contributed by atoms with Crippen LogP contribution in [0.2, 0.25) is 0 Å². The molecule has 2 aromatic carbocycles. The number of pyridine rings is 1. The Bertz CT molecular complexity index is 920. The minimum atomic E-state index is -10.7. The van der Waals surface area contributed by atoms with E-state index in [2.05, 4.69) is 0 Å². The van der Waals surface area contributed by atoms with E-state index in [1.807, 2.05) is 48.5 Å². The molecule has 0 unspecified atom stereocenters. The number of nitrogens with zero attached hydrogens (tertiary/aromatic N) is 1. The molecule has 3 rings (SSSR count). The molecule has 0 N–H and O–H groups in total. The number of aromatic nitrogens is 1. The van der Waals surface area contributed by atoms with E-state index in [0.29, 0.717) is 5.56 Å². The van der Waals surface area contributed by atoms with Crippen LogP contribution in [0, 0.1) is 0 Å². The summed E-state index contributed by atoms with van der Waals surface area (Å²) in [6, 6.07) is 22.8. The van der Waals surface area contributed by atoms with E-state index in [4.69, 9.17) is 4.84 Å². The van der Waals surface area contributed by atoms with Crippen LogP contribution in [0.5, 0.6) is 0 Å². The Morgan fingerprint density at radius 1 is 0.679 bits per heavy atom. The minimum absolute atomic E-state index is 0.381. The summed E-state index contributed by atoms with van der Waals surface area (Å²) >= 11 is 0. The van der Waals surface area contributed by atoms with Crippen LogP contribution in [0.3, 0.4) is 0 Å². The normalized spacial score (nSPS) is 13.4. The van der Waals surface area contributed by atoms with Crippen molar-refractivity contribution in [1.29, 1.82) is 0 Å². The fourth-order valence-electron chi connectivity index (χ4n) is 2.02. The number of carbonyl (C=O) groups excluding carboxylic acids is 1. The van der Waals surface area contributed by atoms with Gasteiger partial charge in [0.05, 0.1) is 5.56 Å². The average molecular weight is 421 g/mol. The molecule has 0 radical (unpaired) electrons. The number of hydrogen-bond acceptors (Lipinski definition) is 2. The summed E-state index contributed by atoms with van der Waals surface area (Å²) in [6.07, 6.45) is 3.45. The molecule has 0 saturated heterocycles. The maximum absolute atomic E-state index is 11.9. The molecule has 10 heteroatoms. The molecule has 0 aliphatic rings. The molecular weight excluding hydrogens is 407 g/mol. The van der Waals surface area contributed by atoms with E-state index in [1.165, 1.54) is 4.73 Å². The summed E-state index contributed by atoms with van der Waals surface area (Å²) in [6.45, 7) is 0. The summed E-state index contributed by atoms with van der Waals surface area (Å²) in [4.78, 5) is 17.2. The predicted molar refractivity (Wildman–Crippen MR) is 93.0 cm³/mol.